The molecule has 7 heteroatoms. The molecule has 5 atom stereocenters. The molecule has 0 aromatic heterocycles. The molecule has 1 aliphatic carbocycles. The fraction of sp³-hybridized carbons (Fsp3) is 0.559. The molecule has 1 aliphatic heterocycles. The Balaban J connectivity index is 1.61. The van der Waals surface area contributed by atoms with Crippen molar-refractivity contribution in [3.63, 3.8) is 0 Å². The molecule has 2 aromatic rings. The summed E-state index contributed by atoms with van der Waals surface area (Å²) in [6.07, 6.45) is 10.9. The molecule has 1 heterocycles. The lowest BCUT2D eigenvalue weighted by atomic mass is 9.70. The molecule has 5 unspecified atom stereocenters. The summed E-state index contributed by atoms with van der Waals surface area (Å²) in [4.78, 5) is 14.5. The zero-order valence-electron chi connectivity index (χ0n) is 24.7. The van der Waals surface area contributed by atoms with Crippen molar-refractivity contribution in [1.82, 2.24) is 0 Å². The maximum absolute atomic E-state index is 12.1. The number of benzene rings is 2. The van der Waals surface area contributed by atoms with Crippen molar-refractivity contribution in [3.05, 3.63) is 70.3 Å². The van der Waals surface area contributed by atoms with Gasteiger partial charge in [-0.15, -0.1) is 0 Å². The van der Waals surface area contributed by atoms with Gasteiger partial charge in [0.15, 0.2) is 6.10 Å². The number of ether oxygens (including phenoxy) is 2. The lowest BCUT2D eigenvalue weighted by Crippen LogP contribution is -2.44. The Labute approximate surface area is 250 Å². The van der Waals surface area contributed by atoms with Crippen molar-refractivity contribution in [2.24, 2.45) is 11.8 Å². The smallest absolute Gasteiger partial charge is 0.339 e. The minimum absolute atomic E-state index is 0.108. The van der Waals surface area contributed by atoms with Crippen LogP contribution in [0.4, 0.5) is 5.69 Å². The van der Waals surface area contributed by atoms with Gasteiger partial charge in [-0.2, -0.15) is 0 Å². The molecule has 0 saturated heterocycles. The summed E-state index contributed by atoms with van der Waals surface area (Å²) in [5, 5.41) is 22.3. The number of rotatable bonds is 13. The highest BCUT2D eigenvalue weighted by Crippen LogP contribution is 2.43. The van der Waals surface area contributed by atoms with Crippen molar-refractivity contribution in [2.75, 3.05) is 31.7 Å². The average Bonchev–Trinajstić information content (AvgIpc) is 3.13. The zero-order chi connectivity index (χ0) is 29.4. The van der Waals surface area contributed by atoms with Gasteiger partial charge in [0.2, 0.25) is 0 Å². The second-order valence-corrected chi connectivity index (χ2v) is 12.0. The number of unbranched alkanes of at least 4 members (excludes halogenated alkanes) is 3. The van der Waals surface area contributed by atoms with Crippen LogP contribution in [0.5, 0.6) is 5.75 Å². The van der Waals surface area contributed by atoms with Crippen molar-refractivity contribution in [2.45, 2.75) is 83.3 Å². The second kappa shape index (κ2) is 15.1. The molecule has 41 heavy (non-hydrogen) atoms. The number of anilines is 1. The Bertz CT molecular complexity index is 1180. The van der Waals surface area contributed by atoms with Crippen LogP contribution in [0.3, 0.4) is 0 Å². The number of methoxy groups -OCH3 is 1. The zero-order valence-corrected chi connectivity index (χ0v) is 25.5. The molecule has 4 rings (SSSR count). The molecule has 0 spiro atoms. The number of nitrogens with zero attached hydrogens (tertiary/aromatic N) is 1. The van der Waals surface area contributed by atoms with Gasteiger partial charge in [0, 0.05) is 24.0 Å². The number of aliphatic hydroxyl groups excluding tert-OH is 2. The number of hydrogen-bond donors (Lipinski definition) is 2. The van der Waals surface area contributed by atoms with E-state index in [-0.39, 0.29) is 11.8 Å². The van der Waals surface area contributed by atoms with E-state index in [9.17, 15) is 15.0 Å². The second-order valence-electron chi connectivity index (χ2n) is 11.6. The van der Waals surface area contributed by atoms with Gasteiger partial charge in [-0.05, 0) is 84.9 Å². The van der Waals surface area contributed by atoms with E-state index >= 15 is 0 Å². The standard InChI is InChI=1S/C34H46ClNO5/c1-4-6-7-8-9-11-31(37)29-15-12-25(29)20-36-21-26(28-16-14-27(35)18-23(28)10-5-2)22-41-32-17-13-24(19-30(32)36)33(38)34(39)40-3/h9,11,13-14,16-19,25-26,29,31,33,37-38H,4-8,10,12,15,20-22H2,1-3H3/b11-9+. The van der Waals surface area contributed by atoms with Crippen molar-refractivity contribution >= 4 is 23.3 Å². The third-order valence-electron chi connectivity index (χ3n) is 8.69. The Morgan fingerprint density at radius 1 is 1.15 bits per heavy atom. The van der Waals surface area contributed by atoms with Gasteiger partial charge >= 0.3 is 5.97 Å². The normalized spacial score (nSPS) is 21.9. The molecule has 2 N–H and O–H groups in total. The van der Waals surface area contributed by atoms with E-state index in [4.69, 9.17) is 21.1 Å². The lowest BCUT2D eigenvalue weighted by molar-refractivity contribution is -0.150. The van der Waals surface area contributed by atoms with E-state index in [0.29, 0.717) is 18.1 Å². The summed E-state index contributed by atoms with van der Waals surface area (Å²) in [7, 11) is 1.27. The maximum Gasteiger partial charge on any atom is 0.339 e. The highest BCUT2D eigenvalue weighted by atomic mass is 35.5. The maximum atomic E-state index is 12.1. The van der Waals surface area contributed by atoms with Gasteiger partial charge in [0.05, 0.1) is 25.5 Å². The first-order chi connectivity index (χ1) is 19.9. The Morgan fingerprint density at radius 2 is 1.98 bits per heavy atom. The van der Waals surface area contributed by atoms with Crippen LogP contribution >= 0.6 is 11.6 Å². The SMILES string of the molecule is CCCCC/C=C/C(O)C1CCC1CN1CC(c2ccc(Cl)cc2CCC)COc2ccc(C(O)C(=O)OC)cc21. The van der Waals surface area contributed by atoms with Gasteiger partial charge in [-0.3, -0.25) is 0 Å². The van der Waals surface area contributed by atoms with Gasteiger partial charge in [-0.25, -0.2) is 4.79 Å². The fourth-order valence-electron chi connectivity index (χ4n) is 6.19. The minimum atomic E-state index is -1.37. The first-order valence-electron chi connectivity index (χ1n) is 15.3. The van der Waals surface area contributed by atoms with Gasteiger partial charge < -0.3 is 24.6 Å². The van der Waals surface area contributed by atoms with Gasteiger partial charge in [-0.1, -0.05) is 69.0 Å². The number of aryl methyl sites for hydroxylation is 1. The van der Waals surface area contributed by atoms with Crippen LogP contribution in [0.25, 0.3) is 0 Å². The van der Waals surface area contributed by atoms with Crippen LogP contribution in [0.15, 0.2) is 48.6 Å². The number of esters is 1. The molecule has 6 nitrogen and oxygen atoms in total. The minimum Gasteiger partial charge on any atom is -0.491 e. The Hall–Kier alpha value is -2.54. The highest BCUT2D eigenvalue weighted by molar-refractivity contribution is 6.30. The predicted molar refractivity (Wildman–Crippen MR) is 165 cm³/mol. The summed E-state index contributed by atoms with van der Waals surface area (Å²) in [5.41, 5.74) is 3.81. The predicted octanol–water partition coefficient (Wildman–Crippen LogP) is 7.01. The number of carbonyl (C=O) groups is 1. The van der Waals surface area contributed by atoms with Gasteiger partial charge in [0.1, 0.15) is 5.75 Å². The molecular weight excluding hydrogens is 538 g/mol. The molecule has 2 aromatic carbocycles. The van der Waals surface area contributed by atoms with E-state index in [0.717, 1.165) is 68.1 Å². The summed E-state index contributed by atoms with van der Waals surface area (Å²) in [6, 6.07) is 11.6. The third kappa shape index (κ3) is 7.85. The monoisotopic (exact) mass is 583 g/mol. The molecule has 1 fully saturated rings. The average molecular weight is 584 g/mol. The Kier molecular flexibility index (Phi) is 11.5. The number of aliphatic hydroxyl groups is 2. The van der Waals surface area contributed by atoms with Gasteiger partial charge in [0.25, 0.3) is 0 Å². The fourth-order valence-corrected chi connectivity index (χ4v) is 6.39. The number of hydrogen-bond acceptors (Lipinski definition) is 6. The quantitative estimate of drug-likeness (QED) is 0.150. The largest absolute Gasteiger partial charge is 0.491 e. The molecular formula is C34H46ClNO5. The molecule has 2 aliphatic rings. The molecule has 0 radical (unpaired) electrons. The number of carbonyl (C=O) groups excluding carboxylic acids is 1. The first-order valence-corrected chi connectivity index (χ1v) is 15.6. The van der Waals surface area contributed by atoms with E-state index in [1.165, 1.54) is 31.1 Å². The lowest BCUT2D eigenvalue weighted by Gasteiger charge is -2.42. The van der Waals surface area contributed by atoms with Crippen molar-refractivity contribution < 1.29 is 24.5 Å². The molecule has 0 amide bonds. The van der Waals surface area contributed by atoms with Crippen LogP contribution in [0.1, 0.15) is 87.5 Å². The van der Waals surface area contributed by atoms with Crippen LogP contribution in [0.2, 0.25) is 5.02 Å². The summed E-state index contributed by atoms with van der Waals surface area (Å²) >= 11 is 6.38. The Morgan fingerprint density at radius 3 is 2.68 bits per heavy atom. The third-order valence-corrected chi connectivity index (χ3v) is 8.92. The van der Waals surface area contributed by atoms with Crippen molar-refractivity contribution in [3.8, 4) is 5.75 Å². The van der Waals surface area contributed by atoms with E-state index in [2.05, 4.69) is 37.0 Å². The number of allylic oxidation sites excluding steroid dienone is 1. The van der Waals surface area contributed by atoms with Crippen LogP contribution in [0, 0.1) is 11.8 Å². The summed E-state index contributed by atoms with van der Waals surface area (Å²) < 4.78 is 11.2. The van der Waals surface area contributed by atoms with E-state index < -0.39 is 18.2 Å². The molecule has 0 bridgehead atoms. The number of fused-ring (bicyclic) bond motifs is 1. The highest BCUT2D eigenvalue weighted by Gasteiger charge is 2.38. The number of halogens is 1. The first kappa shape index (κ1) is 31.4. The van der Waals surface area contributed by atoms with Crippen LogP contribution in [-0.4, -0.2) is 49.1 Å². The van der Waals surface area contributed by atoms with E-state index in [1.807, 2.05) is 24.3 Å². The molecule has 1 saturated carbocycles. The summed E-state index contributed by atoms with van der Waals surface area (Å²) in [6.45, 7) is 6.36. The van der Waals surface area contributed by atoms with Crippen LogP contribution < -0.4 is 9.64 Å². The molecule has 224 valence electrons. The van der Waals surface area contributed by atoms with Crippen molar-refractivity contribution in [1.29, 1.82) is 0 Å². The summed E-state index contributed by atoms with van der Waals surface area (Å²) in [5.74, 6) is 0.677. The van der Waals surface area contributed by atoms with Crippen LogP contribution in [-0.2, 0) is 16.0 Å². The topological polar surface area (TPSA) is 79.2 Å². The van der Waals surface area contributed by atoms with E-state index in [1.54, 1.807) is 6.07 Å².